The number of pyridine rings is 2. The van der Waals surface area contributed by atoms with Crippen molar-refractivity contribution in [3.8, 4) is 11.1 Å². The van der Waals surface area contributed by atoms with E-state index < -0.39 is 5.60 Å². The van der Waals surface area contributed by atoms with Crippen molar-refractivity contribution in [2.75, 3.05) is 26.2 Å². The number of carbonyl (C=O) groups excluding carboxylic acids is 2. The van der Waals surface area contributed by atoms with Gasteiger partial charge in [-0.1, -0.05) is 24.3 Å². The largest absolute Gasteiger partial charge is 0.361 e. The molecule has 1 aliphatic heterocycles. The first-order valence-corrected chi connectivity index (χ1v) is 10.7. The molecule has 0 saturated carbocycles. The zero-order valence-electron chi connectivity index (χ0n) is 18.0. The number of hydrogen-bond acceptors (Lipinski definition) is 5. The van der Waals surface area contributed by atoms with Crippen LogP contribution in [0.2, 0.25) is 0 Å². The summed E-state index contributed by atoms with van der Waals surface area (Å²) in [6.45, 7) is 3.25. The van der Waals surface area contributed by atoms with Crippen LogP contribution in [0.25, 0.3) is 11.1 Å². The second-order valence-electron chi connectivity index (χ2n) is 7.78. The van der Waals surface area contributed by atoms with Gasteiger partial charge in [0.15, 0.2) is 5.60 Å². The van der Waals surface area contributed by atoms with Crippen LogP contribution in [-0.2, 0) is 16.0 Å². The lowest BCUT2D eigenvalue weighted by Crippen LogP contribution is -2.62. The van der Waals surface area contributed by atoms with Crippen molar-refractivity contribution < 1.29 is 14.3 Å². The van der Waals surface area contributed by atoms with Gasteiger partial charge in [0.2, 0.25) is 0 Å². The molecule has 0 bridgehead atoms. The molecule has 7 heteroatoms. The van der Waals surface area contributed by atoms with E-state index in [9.17, 15) is 9.59 Å². The predicted molar refractivity (Wildman–Crippen MR) is 121 cm³/mol. The second-order valence-corrected chi connectivity index (χ2v) is 7.78. The Morgan fingerprint density at radius 2 is 1.78 bits per heavy atom. The molecule has 0 spiro atoms. The van der Waals surface area contributed by atoms with Crippen molar-refractivity contribution in [3.05, 3.63) is 84.4 Å². The van der Waals surface area contributed by atoms with Gasteiger partial charge in [-0.15, -0.1) is 0 Å². The minimum absolute atomic E-state index is 0.150. The lowest BCUT2D eigenvalue weighted by atomic mass is 9.90. The molecule has 32 heavy (non-hydrogen) atoms. The summed E-state index contributed by atoms with van der Waals surface area (Å²) in [5.74, 6) is -0.356. The van der Waals surface area contributed by atoms with E-state index in [4.69, 9.17) is 4.74 Å². The Balaban J connectivity index is 1.57. The van der Waals surface area contributed by atoms with Gasteiger partial charge in [-0.3, -0.25) is 19.6 Å². The fraction of sp³-hybridized carbons (Fsp3) is 0.280. The van der Waals surface area contributed by atoms with Crippen molar-refractivity contribution in [1.29, 1.82) is 0 Å². The summed E-state index contributed by atoms with van der Waals surface area (Å²) in [6.07, 6.45) is 7.06. The highest BCUT2D eigenvalue weighted by atomic mass is 16.5. The molecule has 4 rings (SSSR count). The number of benzene rings is 1. The number of carbonyl (C=O) groups is 2. The minimum Gasteiger partial charge on any atom is -0.361 e. The molecular formula is C25H26N4O3. The molecule has 1 unspecified atom stereocenters. The van der Waals surface area contributed by atoms with E-state index in [1.54, 1.807) is 41.8 Å². The minimum atomic E-state index is -1.15. The summed E-state index contributed by atoms with van der Waals surface area (Å²) < 4.78 is 6.09. The predicted octanol–water partition coefficient (Wildman–Crippen LogP) is 2.73. The van der Waals surface area contributed by atoms with Crippen LogP contribution in [0.15, 0.2) is 73.3 Å². The Labute approximate surface area is 187 Å². The van der Waals surface area contributed by atoms with E-state index >= 15 is 0 Å². The molecule has 1 fully saturated rings. The first kappa shape index (κ1) is 21.6. The highest BCUT2D eigenvalue weighted by Crippen LogP contribution is 2.27. The second kappa shape index (κ2) is 9.70. The summed E-state index contributed by atoms with van der Waals surface area (Å²) in [7, 11) is 0. The first-order valence-electron chi connectivity index (χ1n) is 10.7. The Bertz CT molecular complexity index is 1060. The molecule has 0 radical (unpaired) electrons. The van der Waals surface area contributed by atoms with E-state index in [-0.39, 0.29) is 25.0 Å². The third-order valence-electron chi connectivity index (χ3n) is 5.59. The van der Waals surface area contributed by atoms with Crippen LogP contribution < -0.4 is 5.32 Å². The summed E-state index contributed by atoms with van der Waals surface area (Å²) in [6, 6.07) is 15.4. The average molecular weight is 431 g/mol. The number of likely N-dealkylation sites (N-methyl/N-ethyl adjacent to an activating group) is 1. The Hall–Kier alpha value is -3.58. The lowest BCUT2D eigenvalue weighted by molar-refractivity contribution is -0.157. The van der Waals surface area contributed by atoms with Crippen LogP contribution >= 0.6 is 0 Å². The number of amides is 2. The van der Waals surface area contributed by atoms with Crippen LogP contribution in [0.5, 0.6) is 0 Å². The molecule has 2 aromatic heterocycles. The molecule has 3 heterocycles. The molecule has 1 saturated heterocycles. The molecule has 2 amide bonds. The fourth-order valence-corrected chi connectivity index (χ4v) is 3.96. The molecule has 164 valence electrons. The molecule has 1 aliphatic rings. The van der Waals surface area contributed by atoms with Crippen LogP contribution in [0.4, 0.5) is 0 Å². The number of nitrogens with zero attached hydrogens (tertiary/aromatic N) is 3. The van der Waals surface area contributed by atoms with E-state index in [1.807, 2.05) is 43.3 Å². The number of aromatic nitrogens is 2. The van der Waals surface area contributed by atoms with Gasteiger partial charge < -0.3 is 15.0 Å². The molecule has 0 aliphatic carbocycles. The Kier molecular flexibility index (Phi) is 6.56. The van der Waals surface area contributed by atoms with Gasteiger partial charge in [-0.05, 0) is 47.9 Å². The normalized spacial score (nSPS) is 18.2. The van der Waals surface area contributed by atoms with Gasteiger partial charge in [0, 0.05) is 44.3 Å². The third kappa shape index (κ3) is 4.68. The van der Waals surface area contributed by atoms with Crippen LogP contribution in [-0.4, -0.2) is 58.5 Å². The smallest absolute Gasteiger partial charge is 0.255 e. The van der Waals surface area contributed by atoms with Crippen LogP contribution in [0.1, 0.15) is 22.8 Å². The van der Waals surface area contributed by atoms with Gasteiger partial charge in [0.1, 0.15) is 0 Å². The number of nitrogens with one attached hydrogen (secondary N) is 1. The number of hydrogen-bond donors (Lipinski definition) is 1. The molecular weight excluding hydrogens is 404 g/mol. The van der Waals surface area contributed by atoms with Crippen LogP contribution in [0, 0.1) is 0 Å². The SMILES string of the molecule is CCNC(=O)C1(Cc2ccc(-c3ccncc3)cc2)CN(C(=O)c2cccnc2)CCO1. The number of rotatable bonds is 6. The highest BCUT2D eigenvalue weighted by molar-refractivity contribution is 5.95. The van der Waals surface area contributed by atoms with Crippen molar-refractivity contribution >= 4 is 11.8 Å². The molecule has 3 aromatic rings. The topological polar surface area (TPSA) is 84.4 Å². The van der Waals surface area contributed by atoms with Gasteiger partial charge in [-0.2, -0.15) is 0 Å². The molecule has 1 N–H and O–H groups in total. The fourth-order valence-electron chi connectivity index (χ4n) is 3.96. The Morgan fingerprint density at radius 3 is 2.47 bits per heavy atom. The zero-order valence-corrected chi connectivity index (χ0v) is 18.0. The van der Waals surface area contributed by atoms with E-state index in [0.717, 1.165) is 16.7 Å². The Morgan fingerprint density at radius 1 is 1.03 bits per heavy atom. The number of morpholine rings is 1. The maximum atomic E-state index is 13.1. The van der Waals surface area contributed by atoms with Crippen molar-refractivity contribution in [2.24, 2.45) is 0 Å². The summed E-state index contributed by atoms with van der Waals surface area (Å²) in [5.41, 5.74) is 2.46. The standard InChI is InChI=1S/C25H26N4O3/c1-2-28-24(31)25(16-19-5-7-20(8-6-19)21-9-12-26-13-10-21)18-29(14-15-32-25)23(30)22-4-3-11-27-17-22/h3-13,17H,2,14-16,18H2,1H3,(H,28,31). The maximum Gasteiger partial charge on any atom is 0.255 e. The maximum absolute atomic E-state index is 13.1. The molecule has 7 nitrogen and oxygen atoms in total. The average Bonchev–Trinajstić information content (AvgIpc) is 2.85. The number of ether oxygens (including phenoxy) is 1. The van der Waals surface area contributed by atoms with Crippen LogP contribution in [0.3, 0.4) is 0 Å². The summed E-state index contributed by atoms with van der Waals surface area (Å²) in [5, 5.41) is 2.89. The monoisotopic (exact) mass is 430 g/mol. The first-order chi connectivity index (χ1) is 15.6. The third-order valence-corrected chi connectivity index (χ3v) is 5.59. The van der Waals surface area contributed by atoms with Crippen molar-refractivity contribution in [1.82, 2.24) is 20.2 Å². The summed E-state index contributed by atoms with van der Waals surface area (Å²) >= 11 is 0. The van der Waals surface area contributed by atoms with E-state index in [0.29, 0.717) is 25.1 Å². The lowest BCUT2D eigenvalue weighted by Gasteiger charge is -2.41. The molecule has 1 aromatic carbocycles. The van der Waals surface area contributed by atoms with E-state index in [1.165, 1.54) is 0 Å². The summed E-state index contributed by atoms with van der Waals surface area (Å²) in [4.78, 5) is 35.9. The van der Waals surface area contributed by atoms with Crippen molar-refractivity contribution in [2.45, 2.75) is 18.9 Å². The van der Waals surface area contributed by atoms with Gasteiger partial charge in [0.25, 0.3) is 11.8 Å². The van der Waals surface area contributed by atoms with Gasteiger partial charge in [0.05, 0.1) is 18.7 Å². The highest BCUT2D eigenvalue weighted by Gasteiger charge is 2.45. The van der Waals surface area contributed by atoms with Gasteiger partial charge in [-0.25, -0.2) is 0 Å². The van der Waals surface area contributed by atoms with Gasteiger partial charge >= 0.3 is 0 Å². The van der Waals surface area contributed by atoms with Crippen molar-refractivity contribution in [3.63, 3.8) is 0 Å². The zero-order chi connectivity index (χ0) is 22.4. The molecule has 1 atom stereocenters. The van der Waals surface area contributed by atoms with E-state index in [2.05, 4.69) is 15.3 Å². The quantitative estimate of drug-likeness (QED) is 0.650.